The van der Waals surface area contributed by atoms with Crippen molar-refractivity contribution in [2.75, 3.05) is 4.90 Å². The SMILES string of the molecule is O=Cc1c(N2C=CSC2c2ccncc2)ccc2c1COO2. The van der Waals surface area contributed by atoms with Crippen molar-refractivity contribution in [1.29, 1.82) is 0 Å². The summed E-state index contributed by atoms with van der Waals surface area (Å²) in [5.41, 5.74) is 3.40. The van der Waals surface area contributed by atoms with Crippen molar-refractivity contribution in [3.05, 3.63) is 65.0 Å². The number of nitrogens with zero attached hydrogens (tertiary/aromatic N) is 2. The number of carbonyl (C=O) groups is 1. The molecule has 1 atom stereocenters. The molecule has 0 saturated carbocycles. The molecule has 1 aromatic heterocycles. The lowest BCUT2D eigenvalue weighted by atomic mass is 10.0. The average Bonchev–Trinajstić information content (AvgIpc) is 3.23. The molecule has 2 aliphatic rings. The quantitative estimate of drug-likeness (QED) is 0.639. The van der Waals surface area contributed by atoms with Crippen LogP contribution in [0, 0.1) is 0 Å². The Kier molecular flexibility index (Phi) is 3.32. The normalized spacial score (nSPS) is 19.1. The highest BCUT2D eigenvalue weighted by Crippen LogP contribution is 2.44. The van der Waals surface area contributed by atoms with Crippen LogP contribution >= 0.6 is 11.8 Å². The van der Waals surface area contributed by atoms with Gasteiger partial charge in [-0.25, -0.2) is 0 Å². The third kappa shape index (κ3) is 2.08. The number of aldehydes is 1. The first-order valence-electron chi connectivity index (χ1n) is 6.79. The van der Waals surface area contributed by atoms with Gasteiger partial charge in [-0.1, -0.05) is 0 Å². The largest absolute Gasteiger partial charge is 0.337 e. The van der Waals surface area contributed by atoms with Gasteiger partial charge in [0.25, 0.3) is 0 Å². The zero-order valence-corrected chi connectivity index (χ0v) is 12.3. The third-order valence-electron chi connectivity index (χ3n) is 3.71. The molecule has 22 heavy (non-hydrogen) atoms. The molecule has 0 saturated heterocycles. The van der Waals surface area contributed by atoms with Crippen LogP contribution in [-0.4, -0.2) is 11.3 Å². The van der Waals surface area contributed by atoms with Crippen molar-refractivity contribution in [1.82, 2.24) is 4.98 Å². The summed E-state index contributed by atoms with van der Waals surface area (Å²) in [5, 5.41) is 2.11. The molecule has 0 bridgehead atoms. The number of benzene rings is 1. The standard InChI is InChI=1S/C16H12N2O3S/c19-9-12-13-10-20-21-15(13)2-1-14(12)18-7-8-22-16(18)11-3-5-17-6-4-11/h1-9,16H,10H2. The van der Waals surface area contributed by atoms with Crippen molar-refractivity contribution in [2.24, 2.45) is 0 Å². The molecule has 0 fully saturated rings. The first-order valence-corrected chi connectivity index (χ1v) is 7.73. The lowest BCUT2D eigenvalue weighted by Crippen LogP contribution is -2.19. The van der Waals surface area contributed by atoms with E-state index in [9.17, 15) is 4.79 Å². The van der Waals surface area contributed by atoms with E-state index in [1.807, 2.05) is 35.9 Å². The fourth-order valence-electron chi connectivity index (χ4n) is 2.66. The first-order chi connectivity index (χ1) is 10.9. The number of fused-ring (bicyclic) bond motifs is 1. The Morgan fingerprint density at radius 3 is 2.95 bits per heavy atom. The van der Waals surface area contributed by atoms with Crippen molar-refractivity contribution < 1.29 is 14.6 Å². The number of anilines is 1. The Morgan fingerprint density at radius 1 is 1.27 bits per heavy atom. The third-order valence-corrected chi connectivity index (χ3v) is 4.75. The number of aromatic nitrogens is 1. The summed E-state index contributed by atoms with van der Waals surface area (Å²) >= 11 is 1.69. The smallest absolute Gasteiger partial charge is 0.171 e. The van der Waals surface area contributed by atoms with E-state index in [1.165, 1.54) is 0 Å². The minimum atomic E-state index is 0.0861. The van der Waals surface area contributed by atoms with Gasteiger partial charge < -0.3 is 9.79 Å². The van der Waals surface area contributed by atoms with Crippen LogP contribution in [0.2, 0.25) is 0 Å². The second kappa shape index (κ2) is 5.47. The Bertz CT molecular complexity index is 749. The molecule has 3 heterocycles. The van der Waals surface area contributed by atoms with Gasteiger partial charge in [0.05, 0.1) is 5.69 Å². The molecule has 1 aromatic carbocycles. The first kappa shape index (κ1) is 13.4. The van der Waals surface area contributed by atoms with Gasteiger partial charge in [0, 0.05) is 29.7 Å². The maximum Gasteiger partial charge on any atom is 0.171 e. The predicted molar refractivity (Wildman–Crippen MR) is 83.4 cm³/mol. The van der Waals surface area contributed by atoms with Gasteiger partial charge in [0.15, 0.2) is 12.0 Å². The number of rotatable bonds is 3. The van der Waals surface area contributed by atoms with Crippen LogP contribution in [-0.2, 0) is 11.5 Å². The molecule has 4 rings (SSSR count). The van der Waals surface area contributed by atoms with Gasteiger partial charge in [-0.05, 0) is 35.2 Å². The second-order valence-corrected chi connectivity index (χ2v) is 5.89. The molecule has 2 aromatic rings. The molecule has 1 unspecified atom stereocenters. The molecule has 110 valence electrons. The van der Waals surface area contributed by atoms with E-state index in [2.05, 4.69) is 9.88 Å². The second-order valence-electron chi connectivity index (χ2n) is 4.90. The summed E-state index contributed by atoms with van der Waals surface area (Å²) in [5.74, 6) is 0.613. The lowest BCUT2D eigenvalue weighted by molar-refractivity contribution is -0.194. The van der Waals surface area contributed by atoms with Gasteiger partial charge in [-0.15, -0.1) is 11.8 Å². The van der Waals surface area contributed by atoms with Crippen molar-refractivity contribution in [3.8, 4) is 5.75 Å². The maximum atomic E-state index is 11.6. The van der Waals surface area contributed by atoms with Crippen LogP contribution in [0.5, 0.6) is 5.75 Å². The Balaban J connectivity index is 1.78. The summed E-state index contributed by atoms with van der Waals surface area (Å²) in [6.07, 6.45) is 6.41. The van der Waals surface area contributed by atoms with Gasteiger partial charge in [-0.2, -0.15) is 4.89 Å². The molecule has 2 aliphatic heterocycles. The molecule has 0 aliphatic carbocycles. The number of thioether (sulfide) groups is 1. The lowest BCUT2D eigenvalue weighted by Gasteiger charge is -2.26. The van der Waals surface area contributed by atoms with Gasteiger partial charge in [0.2, 0.25) is 0 Å². The van der Waals surface area contributed by atoms with Gasteiger partial charge in [0.1, 0.15) is 12.0 Å². The average molecular weight is 312 g/mol. The molecular formula is C16H12N2O3S. The Morgan fingerprint density at radius 2 is 2.14 bits per heavy atom. The summed E-state index contributed by atoms with van der Waals surface area (Å²) < 4.78 is 0. The summed E-state index contributed by atoms with van der Waals surface area (Å²) in [6, 6.07) is 7.70. The summed E-state index contributed by atoms with van der Waals surface area (Å²) in [4.78, 5) is 27.8. The molecule has 5 nitrogen and oxygen atoms in total. The highest BCUT2D eigenvalue weighted by molar-refractivity contribution is 8.02. The van der Waals surface area contributed by atoms with E-state index >= 15 is 0 Å². The van der Waals surface area contributed by atoms with Crippen LogP contribution in [0.4, 0.5) is 5.69 Å². The number of pyridine rings is 1. The molecule has 0 radical (unpaired) electrons. The van der Waals surface area contributed by atoms with Crippen molar-refractivity contribution in [3.63, 3.8) is 0 Å². The van der Waals surface area contributed by atoms with E-state index in [1.54, 1.807) is 24.2 Å². The Hall–Kier alpha value is -2.31. The van der Waals surface area contributed by atoms with Crippen LogP contribution in [0.1, 0.15) is 26.9 Å². The van der Waals surface area contributed by atoms with Crippen LogP contribution in [0.3, 0.4) is 0 Å². The van der Waals surface area contributed by atoms with Crippen molar-refractivity contribution >= 4 is 23.7 Å². The van der Waals surface area contributed by atoms with E-state index in [0.717, 1.165) is 23.1 Å². The zero-order chi connectivity index (χ0) is 14.9. The van der Waals surface area contributed by atoms with E-state index in [-0.39, 0.29) is 5.37 Å². The summed E-state index contributed by atoms with van der Waals surface area (Å²) in [6.45, 7) is 0.294. The van der Waals surface area contributed by atoms with Crippen LogP contribution in [0.15, 0.2) is 48.3 Å². The monoisotopic (exact) mass is 312 g/mol. The fraction of sp³-hybridized carbons (Fsp3) is 0.125. The number of hydrogen-bond acceptors (Lipinski definition) is 6. The highest BCUT2D eigenvalue weighted by atomic mass is 32.2. The predicted octanol–water partition coefficient (Wildman–Crippen LogP) is 3.44. The Labute approximate surface area is 131 Å². The number of carbonyl (C=O) groups excluding carboxylic acids is 1. The molecular weight excluding hydrogens is 300 g/mol. The fourth-order valence-corrected chi connectivity index (χ4v) is 3.64. The highest BCUT2D eigenvalue weighted by Gasteiger charge is 2.28. The van der Waals surface area contributed by atoms with Crippen molar-refractivity contribution in [2.45, 2.75) is 12.0 Å². The maximum absolute atomic E-state index is 11.6. The number of hydrogen-bond donors (Lipinski definition) is 0. The minimum Gasteiger partial charge on any atom is -0.337 e. The topological polar surface area (TPSA) is 51.7 Å². The summed E-state index contributed by atoms with van der Waals surface area (Å²) in [7, 11) is 0. The molecule has 0 amide bonds. The van der Waals surface area contributed by atoms with Gasteiger partial charge in [-0.3, -0.25) is 9.78 Å². The van der Waals surface area contributed by atoms with Gasteiger partial charge >= 0.3 is 0 Å². The van der Waals surface area contributed by atoms with E-state index in [0.29, 0.717) is 17.9 Å². The van der Waals surface area contributed by atoms with Crippen LogP contribution < -0.4 is 9.79 Å². The zero-order valence-electron chi connectivity index (χ0n) is 11.5. The van der Waals surface area contributed by atoms with Crippen LogP contribution in [0.25, 0.3) is 0 Å². The van der Waals surface area contributed by atoms with E-state index < -0.39 is 0 Å². The molecule has 0 spiro atoms. The molecule has 6 heteroatoms. The van der Waals surface area contributed by atoms with E-state index in [4.69, 9.17) is 9.78 Å². The minimum absolute atomic E-state index is 0.0861. The molecule has 0 N–H and O–H groups in total.